The largest absolute Gasteiger partial charge is 0.381 e. The number of rotatable bonds is 2. The molecule has 2 aromatic carbocycles. The maximum absolute atomic E-state index is 13.0. The molecule has 2 heterocycles. The van der Waals surface area contributed by atoms with Gasteiger partial charge in [0.1, 0.15) is 5.82 Å². The first-order valence-corrected chi connectivity index (χ1v) is 7.02. The summed E-state index contributed by atoms with van der Waals surface area (Å²) in [6.07, 6.45) is 0. The van der Waals surface area contributed by atoms with Crippen LogP contribution in [-0.2, 0) is 6.54 Å². The minimum atomic E-state index is -0.324. The van der Waals surface area contributed by atoms with Gasteiger partial charge in [-0.3, -0.25) is 0 Å². The molecular weight excluding hydrogens is 297 g/mol. The lowest BCUT2D eigenvalue weighted by atomic mass is 10.2. The molecule has 2 N–H and O–H groups in total. The number of nitrogen functional groups attached to an aromatic ring is 1. The Bertz CT molecular complexity index is 1080. The second kappa shape index (κ2) is 4.91. The summed E-state index contributed by atoms with van der Waals surface area (Å²) < 4.78 is 15.7. The van der Waals surface area contributed by atoms with Crippen molar-refractivity contribution >= 4 is 22.5 Å². The van der Waals surface area contributed by atoms with Crippen molar-refractivity contribution in [3.63, 3.8) is 0 Å². The normalized spacial score (nSPS) is 11.3. The molecule has 0 unspecified atom stereocenters. The zero-order valence-electron chi connectivity index (χ0n) is 12.0. The van der Waals surface area contributed by atoms with Gasteiger partial charge in [-0.05, 0) is 29.8 Å². The van der Waals surface area contributed by atoms with Gasteiger partial charge in [0.05, 0.1) is 17.6 Å². The topological polar surface area (TPSA) is 78.2 Å². The Balaban J connectivity index is 1.93. The number of nitrogens with zero attached hydrogens (tertiary/aromatic N) is 4. The second-order valence-corrected chi connectivity index (χ2v) is 5.21. The number of hydrogen-bond donors (Lipinski definition) is 1. The number of para-hydroxylation sites is 2. The first-order chi connectivity index (χ1) is 11.1. The number of hydrogen-bond acceptors (Lipinski definition) is 4. The fraction of sp³-hybridized carbons (Fsp3) is 0.0625. The summed E-state index contributed by atoms with van der Waals surface area (Å²) in [6, 6.07) is 13.2. The SMILES string of the molecule is Nc1nc2ccccc2n2c(=O)n(Cc3ccc(F)cc3)nc12. The van der Waals surface area contributed by atoms with E-state index in [1.165, 1.54) is 21.2 Å². The number of fused-ring (bicyclic) bond motifs is 3. The number of halogens is 1. The van der Waals surface area contributed by atoms with E-state index in [9.17, 15) is 9.18 Å². The average Bonchev–Trinajstić information content (AvgIpc) is 2.88. The highest BCUT2D eigenvalue weighted by Crippen LogP contribution is 2.16. The molecule has 0 aliphatic carbocycles. The van der Waals surface area contributed by atoms with Gasteiger partial charge in [-0.2, -0.15) is 0 Å². The molecule has 4 rings (SSSR count). The maximum Gasteiger partial charge on any atom is 0.351 e. The summed E-state index contributed by atoms with van der Waals surface area (Å²) in [5.41, 5.74) is 7.97. The van der Waals surface area contributed by atoms with E-state index in [4.69, 9.17) is 5.73 Å². The van der Waals surface area contributed by atoms with Crippen LogP contribution < -0.4 is 11.4 Å². The molecule has 6 nitrogen and oxygen atoms in total. The van der Waals surface area contributed by atoms with Crippen LogP contribution >= 0.6 is 0 Å². The molecule has 0 saturated carbocycles. The van der Waals surface area contributed by atoms with Gasteiger partial charge < -0.3 is 5.73 Å². The Morgan fingerprint density at radius 3 is 2.61 bits per heavy atom. The van der Waals surface area contributed by atoms with Crippen LogP contribution in [0.25, 0.3) is 16.7 Å². The van der Waals surface area contributed by atoms with Gasteiger partial charge in [-0.15, -0.1) is 5.10 Å². The number of benzene rings is 2. The van der Waals surface area contributed by atoms with E-state index < -0.39 is 0 Å². The molecule has 114 valence electrons. The van der Waals surface area contributed by atoms with Crippen LogP contribution in [0.3, 0.4) is 0 Å². The second-order valence-electron chi connectivity index (χ2n) is 5.21. The average molecular weight is 309 g/mol. The molecular formula is C16H12FN5O. The molecule has 0 aliphatic heterocycles. The van der Waals surface area contributed by atoms with Crippen molar-refractivity contribution in [3.05, 3.63) is 70.4 Å². The third-order valence-corrected chi connectivity index (χ3v) is 3.68. The number of anilines is 1. The van der Waals surface area contributed by atoms with Crippen LogP contribution in [0.4, 0.5) is 10.2 Å². The molecule has 0 amide bonds. The van der Waals surface area contributed by atoms with Gasteiger partial charge >= 0.3 is 5.69 Å². The highest BCUT2D eigenvalue weighted by molar-refractivity contribution is 5.81. The van der Waals surface area contributed by atoms with Crippen molar-refractivity contribution in [1.82, 2.24) is 19.2 Å². The Hall–Kier alpha value is -3.22. The molecule has 4 aromatic rings. The third-order valence-electron chi connectivity index (χ3n) is 3.68. The molecule has 0 atom stereocenters. The fourth-order valence-corrected chi connectivity index (χ4v) is 2.58. The van der Waals surface area contributed by atoms with E-state index in [0.717, 1.165) is 5.56 Å². The van der Waals surface area contributed by atoms with E-state index in [0.29, 0.717) is 16.7 Å². The summed E-state index contributed by atoms with van der Waals surface area (Å²) in [6.45, 7) is 0.231. The standard InChI is InChI=1S/C16H12FN5O/c17-11-7-5-10(6-8-11)9-21-16(23)22-13-4-2-1-3-12(13)19-14(18)15(22)20-21/h1-8H,9H2,(H2,18,19). The number of aromatic nitrogens is 4. The molecule has 7 heteroatoms. The first-order valence-electron chi connectivity index (χ1n) is 7.02. The van der Waals surface area contributed by atoms with Crippen LogP contribution in [-0.4, -0.2) is 19.2 Å². The van der Waals surface area contributed by atoms with E-state index in [1.807, 2.05) is 12.1 Å². The van der Waals surface area contributed by atoms with E-state index in [2.05, 4.69) is 10.1 Å². The summed E-state index contributed by atoms with van der Waals surface area (Å²) in [5.74, 6) is -0.130. The van der Waals surface area contributed by atoms with Crippen LogP contribution in [0.2, 0.25) is 0 Å². The highest BCUT2D eigenvalue weighted by Gasteiger charge is 2.14. The summed E-state index contributed by atoms with van der Waals surface area (Å²) >= 11 is 0. The minimum absolute atomic E-state index is 0.193. The molecule has 0 radical (unpaired) electrons. The van der Waals surface area contributed by atoms with Crippen LogP contribution in [0.15, 0.2) is 53.3 Å². The molecule has 2 aromatic heterocycles. The van der Waals surface area contributed by atoms with Crippen molar-refractivity contribution in [2.24, 2.45) is 0 Å². The predicted molar refractivity (Wildman–Crippen MR) is 84.7 cm³/mol. The van der Waals surface area contributed by atoms with Gasteiger partial charge in [0, 0.05) is 0 Å². The van der Waals surface area contributed by atoms with E-state index >= 15 is 0 Å². The van der Waals surface area contributed by atoms with Gasteiger partial charge in [0.15, 0.2) is 5.82 Å². The summed E-state index contributed by atoms with van der Waals surface area (Å²) in [7, 11) is 0. The Kier molecular flexibility index (Phi) is 2.87. The zero-order chi connectivity index (χ0) is 16.0. The molecule has 0 aliphatic rings. The third kappa shape index (κ3) is 2.13. The Morgan fingerprint density at radius 1 is 1.09 bits per heavy atom. The molecule has 0 bridgehead atoms. The van der Waals surface area contributed by atoms with Crippen molar-refractivity contribution < 1.29 is 4.39 Å². The Morgan fingerprint density at radius 2 is 1.83 bits per heavy atom. The quantitative estimate of drug-likeness (QED) is 0.612. The van der Waals surface area contributed by atoms with E-state index in [-0.39, 0.29) is 23.9 Å². The van der Waals surface area contributed by atoms with Gasteiger partial charge in [-0.25, -0.2) is 23.3 Å². The Labute approximate surface area is 129 Å². The smallest absolute Gasteiger partial charge is 0.351 e. The zero-order valence-corrected chi connectivity index (χ0v) is 12.0. The number of nitrogens with two attached hydrogens (primary N) is 1. The van der Waals surface area contributed by atoms with Gasteiger partial charge in [0.25, 0.3) is 0 Å². The monoisotopic (exact) mass is 309 g/mol. The lowest BCUT2D eigenvalue weighted by Gasteiger charge is -2.01. The fourth-order valence-electron chi connectivity index (χ4n) is 2.58. The van der Waals surface area contributed by atoms with Crippen molar-refractivity contribution in [1.29, 1.82) is 0 Å². The van der Waals surface area contributed by atoms with Gasteiger partial charge in [-0.1, -0.05) is 24.3 Å². The predicted octanol–water partition coefficient (Wildman–Crippen LogP) is 1.81. The lowest BCUT2D eigenvalue weighted by Crippen LogP contribution is -2.22. The van der Waals surface area contributed by atoms with Crippen molar-refractivity contribution in [3.8, 4) is 0 Å². The minimum Gasteiger partial charge on any atom is -0.381 e. The van der Waals surface area contributed by atoms with Crippen LogP contribution in [0, 0.1) is 5.82 Å². The van der Waals surface area contributed by atoms with Gasteiger partial charge in [0.2, 0.25) is 5.65 Å². The van der Waals surface area contributed by atoms with Crippen LogP contribution in [0.5, 0.6) is 0 Å². The van der Waals surface area contributed by atoms with Crippen molar-refractivity contribution in [2.45, 2.75) is 6.54 Å². The van der Waals surface area contributed by atoms with Crippen molar-refractivity contribution in [2.75, 3.05) is 5.73 Å². The lowest BCUT2D eigenvalue weighted by molar-refractivity contribution is 0.622. The molecule has 0 spiro atoms. The highest BCUT2D eigenvalue weighted by atomic mass is 19.1. The summed E-state index contributed by atoms with van der Waals surface area (Å²) in [4.78, 5) is 16.9. The molecule has 0 fully saturated rings. The van der Waals surface area contributed by atoms with E-state index in [1.54, 1.807) is 24.3 Å². The summed E-state index contributed by atoms with van der Waals surface area (Å²) in [5, 5.41) is 4.27. The van der Waals surface area contributed by atoms with Crippen LogP contribution in [0.1, 0.15) is 5.56 Å². The maximum atomic E-state index is 13.0. The molecule has 23 heavy (non-hydrogen) atoms. The molecule has 0 saturated heterocycles. The first kappa shape index (κ1) is 13.4.